The molecule has 1 fully saturated rings. The average Bonchev–Trinajstić information content (AvgIpc) is 2.72. The first-order valence-electron chi connectivity index (χ1n) is 10.3. The summed E-state index contributed by atoms with van der Waals surface area (Å²) >= 11 is 0. The minimum Gasteiger partial charge on any atom is -0.305 e. The Balaban J connectivity index is 2.20. The highest BCUT2D eigenvalue weighted by Gasteiger charge is 2.57. The van der Waals surface area contributed by atoms with Crippen LogP contribution in [0.25, 0.3) is 0 Å². The Bertz CT molecular complexity index is 943. The first kappa shape index (κ1) is 20.8. The number of rotatable bonds is 2. The van der Waals surface area contributed by atoms with Crippen molar-refractivity contribution in [2.75, 3.05) is 0 Å². The van der Waals surface area contributed by atoms with Gasteiger partial charge >= 0.3 is 0 Å². The van der Waals surface area contributed by atoms with Crippen LogP contribution in [-0.4, -0.2) is 5.71 Å². The zero-order valence-corrected chi connectivity index (χ0v) is 17.7. The quantitative estimate of drug-likeness (QED) is 0.669. The van der Waals surface area contributed by atoms with Crippen molar-refractivity contribution in [1.82, 2.24) is 0 Å². The van der Waals surface area contributed by atoms with E-state index in [1.165, 1.54) is 5.56 Å². The molecule has 1 unspecified atom stereocenters. The van der Waals surface area contributed by atoms with Crippen LogP contribution >= 0.6 is 0 Å². The molecule has 4 nitrogen and oxygen atoms in total. The monoisotopic (exact) mass is 384 g/mol. The zero-order valence-electron chi connectivity index (χ0n) is 17.7. The van der Waals surface area contributed by atoms with Gasteiger partial charge in [-0.1, -0.05) is 64.5 Å². The van der Waals surface area contributed by atoms with E-state index in [1.807, 2.05) is 12.1 Å². The van der Waals surface area contributed by atoms with Gasteiger partial charge in [-0.05, 0) is 46.8 Å². The van der Waals surface area contributed by atoms with Crippen LogP contribution in [0, 0.1) is 62.6 Å². The number of fused-ring (bicyclic) bond motifs is 1. The highest BCUT2D eigenvalue weighted by Crippen LogP contribution is 2.56. The molecular weight excluding hydrogens is 356 g/mol. The van der Waals surface area contributed by atoms with Crippen LogP contribution in [0.15, 0.2) is 35.9 Å². The minimum absolute atomic E-state index is 0.00839. The van der Waals surface area contributed by atoms with Gasteiger partial charge in [-0.2, -0.15) is 15.8 Å². The molecule has 0 aromatic heterocycles. The molecule has 0 heterocycles. The SMILES string of the molecule is CC[C@@H]1CC=C2C(C#N)C(=N)C(C#N)(C#N)[C@H](c3ccc(C(C)(C)C)cc3)[C@H]2C1. The minimum atomic E-state index is -1.61. The fourth-order valence-corrected chi connectivity index (χ4v) is 5.00. The molecule has 0 aliphatic heterocycles. The topological polar surface area (TPSA) is 95.2 Å². The summed E-state index contributed by atoms with van der Waals surface area (Å²) < 4.78 is 0. The van der Waals surface area contributed by atoms with E-state index in [0.29, 0.717) is 5.92 Å². The molecule has 1 aromatic rings. The van der Waals surface area contributed by atoms with E-state index in [9.17, 15) is 15.8 Å². The smallest absolute Gasteiger partial charge is 0.189 e. The van der Waals surface area contributed by atoms with E-state index in [1.54, 1.807) is 0 Å². The summed E-state index contributed by atoms with van der Waals surface area (Å²) in [5.74, 6) is -0.791. The molecule has 4 atom stereocenters. The maximum atomic E-state index is 10.1. The number of allylic oxidation sites excluding steroid dienone is 2. The van der Waals surface area contributed by atoms with Gasteiger partial charge in [-0.3, -0.25) is 0 Å². The molecule has 1 aromatic carbocycles. The number of nitrogens with zero attached hydrogens (tertiary/aromatic N) is 3. The van der Waals surface area contributed by atoms with Gasteiger partial charge in [0.1, 0.15) is 5.92 Å². The van der Waals surface area contributed by atoms with Gasteiger partial charge in [0.05, 0.1) is 23.9 Å². The maximum Gasteiger partial charge on any atom is 0.189 e. The number of nitriles is 3. The van der Waals surface area contributed by atoms with Crippen LogP contribution in [-0.2, 0) is 5.41 Å². The molecule has 3 rings (SSSR count). The van der Waals surface area contributed by atoms with Gasteiger partial charge < -0.3 is 5.41 Å². The summed E-state index contributed by atoms with van der Waals surface area (Å²) in [7, 11) is 0. The van der Waals surface area contributed by atoms with E-state index >= 15 is 0 Å². The molecule has 4 heteroatoms. The van der Waals surface area contributed by atoms with E-state index in [2.05, 4.69) is 64.1 Å². The van der Waals surface area contributed by atoms with Gasteiger partial charge in [0.25, 0.3) is 0 Å². The largest absolute Gasteiger partial charge is 0.305 e. The Morgan fingerprint density at radius 1 is 1.10 bits per heavy atom. The standard InChI is InChI=1S/C25H28N4/c1-5-16-6-11-19-20(12-16)22(17-7-9-18(10-8-17)24(2,3)4)25(14-27,15-28)23(29)21(19)13-26/h7-11,16,20-22,29H,5-6,12H2,1-4H3/t16-,20+,21?,22-/m1/s1. The molecule has 0 amide bonds. The third-order valence-corrected chi connectivity index (χ3v) is 6.81. The second kappa shape index (κ2) is 7.50. The predicted octanol–water partition coefficient (Wildman–Crippen LogP) is 5.64. The van der Waals surface area contributed by atoms with Crippen molar-refractivity contribution in [3.05, 3.63) is 47.0 Å². The lowest BCUT2D eigenvalue weighted by Crippen LogP contribution is -2.49. The molecule has 29 heavy (non-hydrogen) atoms. The van der Waals surface area contributed by atoms with Crippen molar-refractivity contribution in [1.29, 1.82) is 21.2 Å². The Morgan fingerprint density at radius 2 is 1.72 bits per heavy atom. The number of hydrogen-bond acceptors (Lipinski definition) is 4. The summed E-state index contributed by atoms with van der Waals surface area (Å²) in [5, 5.41) is 38.7. The first-order chi connectivity index (χ1) is 13.7. The molecule has 2 aliphatic carbocycles. The molecular formula is C25H28N4. The molecule has 2 aliphatic rings. The Morgan fingerprint density at radius 3 is 2.21 bits per heavy atom. The number of nitrogens with one attached hydrogen (secondary N) is 1. The fraction of sp³-hybridized carbons (Fsp3) is 0.520. The normalized spacial score (nSPS) is 28.3. The van der Waals surface area contributed by atoms with Gasteiger partial charge in [0, 0.05) is 5.92 Å². The van der Waals surface area contributed by atoms with E-state index < -0.39 is 17.3 Å². The van der Waals surface area contributed by atoms with Crippen LogP contribution in [0.5, 0.6) is 0 Å². The summed E-state index contributed by atoms with van der Waals surface area (Å²) in [6.45, 7) is 8.61. The number of benzene rings is 1. The molecule has 148 valence electrons. The maximum absolute atomic E-state index is 10.1. The third-order valence-electron chi connectivity index (χ3n) is 6.81. The average molecular weight is 385 g/mol. The summed E-state index contributed by atoms with van der Waals surface area (Å²) in [5.41, 5.74) is 1.37. The Hall–Kier alpha value is -2.90. The third kappa shape index (κ3) is 3.26. The molecule has 0 radical (unpaired) electrons. The molecule has 0 saturated heterocycles. The van der Waals surface area contributed by atoms with Crippen LogP contribution < -0.4 is 0 Å². The van der Waals surface area contributed by atoms with E-state index in [4.69, 9.17) is 5.41 Å². The summed E-state index contributed by atoms with van der Waals surface area (Å²) in [4.78, 5) is 0. The van der Waals surface area contributed by atoms with Crippen LogP contribution in [0.2, 0.25) is 0 Å². The second-order valence-electron chi connectivity index (χ2n) is 9.41. The Kier molecular flexibility index (Phi) is 5.38. The van der Waals surface area contributed by atoms with Crippen molar-refractivity contribution in [2.45, 2.75) is 58.3 Å². The lowest BCUT2D eigenvalue weighted by Gasteiger charge is -2.47. The van der Waals surface area contributed by atoms with Gasteiger partial charge in [-0.25, -0.2) is 0 Å². The molecule has 1 saturated carbocycles. The highest BCUT2D eigenvalue weighted by atomic mass is 14.7. The van der Waals surface area contributed by atoms with Gasteiger partial charge in [0.15, 0.2) is 5.41 Å². The summed E-state index contributed by atoms with van der Waals surface area (Å²) in [6, 6.07) is 14.7. The van der Waals surface area contributed by atoms with E-state index in [0.717, 1.165) is 30.4 Å². The van der Waals surface area contributed by atoms with Gasteiger partial charge in [0.2, 0.25) is 0 Å². The lowest BCUT2D eigenvalue weighted by molar-refractivity contribution is 0.270. The van der Waals surface area contributed by atoms with Crippen molar-refractivity contribution in [3.63, 3.8) is 0 Å². The van der Waals surface area contributed by atoms with Crippen molar-refractivity contribution in [3.8, 4) is 18.2 Å². The highest BCUT2D eigenvalue weighted by molar-refractivity contribution is 6.00. The fourth-order valence-electron chi connectivity index (χ4n) is 5.00. The van der Waals surface area contributed by atoms with Crippen molar-refractivity contribution < 1.29 is 0 Å². The Labute approximate surface area is 174 Å². The lowest BCUT2D eigenvalue weighted by atomic mass is 9.52. The van der Waals surface area contributed by atoms with Gasteiger partial charge in [-0.15, -0.1) is 0 Å². The molecule has 1 N–H and O–H groups in total. The van der Waals surface area contributed by atoms with Crippen LogP contribution in [0.1, 0.15) is 64.0 Å². The zero-order chi connectivity index (χ0) is 21.4. The van der Waals surface area contributed by atoms with Crippen LogP contribution in [0.3, 0.4) is 0 Å². The molecule has 0 spiro atoms. The van der Waals surface area contributed by atoms with Crippen molar-refractivity contribution >= 4 is 5.71 Å². The number of hydrogen-bond donors (Lipinski definition) is 1. The van der Waals surface area contributed by atoms with Crippen LogP contribution in [0.4, 0.5) is 0 Å². The van der Waals surface area contributed by atoms with Crippen molar-refractivity contribution in [2.24, 2.45) is 23.2 Å². The first-order valence-corrected chi connectivity index (χ1v) is 10.3. The second-order valence-corrected chi connectivity index (χ2v) is 9.41. The summed E-state index contributed by atoms with van der Waals surface area (Å²) in [6.07, 6.45) is 4.89. The molecule has 0 bridgehead atoms. The van der Waals surface area contributed by atoms with E-state index in [-0.39, 0.29) is 17.0 Å². The predicted molar refractivity (Wildman–Crippen MR) is 113 cm³/mol.